The smallest absolute Gasteiger partial charge is 0.298 e. The molecular formula is C24H26N4O3S2. The SMILES string of the molecule is CC(Sc1c([O-])on[n+]1-c1ccccc1)C(=O)Nc1sc2c(c1C#N)CCC(C(C)(C)C)C2. The number of amides is 1. The van der Waals surface area contributed by atoms with Crippen molar-refractivity contribution in [2.24, 2.45) is 11.3 Å². The van der Waals surface area contributed by atoms with Crippen LogP contribution in [-0.4, -0.2) is 16.4 Å². The fraction of sp³-hybridized carbons (Fsp3) is 0.417. The molecule has 1 aliphatic carbocycles. The third kappa shape index (κ3) is 4.77. The number of nitrogens with zero attached hydrogens (tertiary/aromatic N) is 3. The first kappa shape index (κ1) is 23.3. The topological polar surface area (TPSA) is 106 Å². The second kappa shape index (κ2) is 9.20. The number of thiophene rings is 1. The average Bonchev–Trinajstić information content (AvgIpc) is 3.32. The second-order valence-corrected chi connectivity index (χ2v) is 11.7. The van der Waals surface area contributed by atoms with Gasteiger partial charge in [-0.3, -0.25) is 4.79 Å². The molecule has 1 aliphatic rings. The van der Waals surface area contributed by atoms with E-state index in [4.69, 9.17) is 4.52 Å². The monoisotopic (exact) mass is 482 g/mol. The fourth-order valence-electron chi connectivity index (χ4n) is 4.04. The number of fused-ring (bicyclic) bond motifs is 1. The number of nitriles is 1. The molecule has 0 saturated heterocycles. The first-order chi connectivity index (χ1) is 15.7. The number of hydrogen-bond donors (Lipinski definition) is 1. The first-order valence-corrected chi connectivity index (χ1v) is 12.5. The standard InChI is InChI=1S/C24H26N4O3S2/c1-14(32-22-23(30)31-27-28(22)16-8-6-5-7-9-16)20(29)26-21-18(13-25)17-11-10-15(24(2,3)4)12-19(17)33-21/h5-9,14-15H,10-12H2,1-4H3,(H-,26,27,29,30). The number of carbonyl (C=O) groups is 1. The molecule has 0 radical (unpaired) electrons. The Balaban J connectivity index is 1.52. The number of nitrogens with one attached hydrogen (secondary N) is 1. The second-order valence-electron chi connectivity index (χ2n) is 9.29. The van der Waals surface area contributed by atoms with E-state index in [1.165, 1.54) is 20.9 Å². The van der Waals surface area contributed by atoms with Crippen molar-refractivity contribution in [1.29, 1.82) is 5.26 Å². The summed E-state index contributed by atoms with van der Waals surface area (Å²) in [5.74, 6) is -0.325. The normalized spacial score (nSPS) is 16.6. The predicted octanol–water partition coefficient (Wildman–Crippen LogP) is 4.23. The minimum absolute atomic E-state index is 0.200. The number of carbonyl (C=O) groups excluding carboxylic acids is 1. The van der Waals surface area contributed by atoms with Crippen LogP contribution in [0.5, 0.6) is 5.95 Å². The molecule has 2 atom stereocenters. The van der Waals surface area contributed by atoms with Gasteiger partial charge < -0.3 is 14.9 Å². The van der Waals surface area contributed by atoms with E-state index in [-0.39, 0.29) is 16.3 Å². The van der Waals surface area contributed by atoms with Gasteiger partial charge in [-0.25, -0.2) is 0 Å². The van der Waals surface area contributed by atoms with Gasteiger partial charge in [0.2, 0.25) is 11.6 Å². The number of hydrogen-bond acceptors (Lipinski definition) is 7. The highest BCUT2D eigenvalue weighted by Crippen LogP contribution is 2.44. The van der Waals surface area contributed by atoms with Crippen molar-refractivity contribution in [2.75, 3.05) is 5.32 Å². The quantitative estimate of drug-likeness (QED) is 0.431. The van der Waals surface area contributed by atoms with Crippen molar-refractivity contribution in [3.05, 3.63) is 46.3 Å². The molecule has 172 valence electrons. The Morgan fingerprint density at radius 1 is 1.39 bits per heavy atom. The Kier molecular flexibility index (Phi) is 6.50. The van der Waals surface area contributed by atoms with E-state index < -0.39 is 11.2 Å². The lowest BCUT2D eigenvalue weighted by atomic mass is 9.72. The van der Waals surface area contributed by atoms with Crippen molar-refractivity contribution in [3.63, 3.8) is 0 Å². The van der Waals surface area contributed by atoms with Crippen LogP contribution in [0.3, 0.4) is 0 Å². The van der Waals surface area contributed by atoms with Gasteiger partial charge in [-0.2, -0.15) is 5.26 Å². The van der Waals surface area contributed by atoms with Crippen LogP contribution in [0.1, 0.15) is 50.1 Å². The third-order valence-corrected chi connectivity index (χ3v) is 8.37. The summed E-state index contributed by atoms with van der Waals surface area (Å²) in [5.41, 5.74) is 2.51. The van der Waals surface area contributed by atoms with Gasteiger partial charge in [0.25, 0.3) is 5.03 Å². The molecule has 33 heavy (non-hydrogen) atoms. The minimum Gasteiger partial charge on any atom is -0.538 e. The largest absolute Gasteiger partial charge is 0.538 e. The van der Waals surface area contributed by atoms with E-state index >= 15 is 0 Å². The Bertz CT molecular complexity index is 1210. The molecule has 0 fully saturated rings. The minimum atomic E-state index is -0.597. The molecule has 2 unspecified atom stereocenters. The van der Waals surface area contributed by atoms with Crippen molar-refractivity contribution < 1.29 is 19.1 Å². The lowest BCUT2D eigenvalue weighted by Crippen LogP contribution is -2.36. The van der Waals surface area contributed by atoms with Crippen LogP contribution < -0.4 is 15.1 Å². The number of thioether (sulfide) groups is 1. The molecule has 1 amide bonds. The van der Waals surface area contributed by atoms with E-state index in [2.05, 4.69) is 37.4 Å². The maximum Gasteiger partial charge on any atom is 0.298 e. The summed E-state index contributed by atoms with van der Waals surface area (Å²) in [6, 6.07) is 11.4. The summed E-state index contributed by atoms with van der Waals surface area (Å²) in [7, 11) is 0. The molecule has 4 rings (SSSR count). The van der Waals surface area contributed by atoms with Crippen LogP contribution in [0.2, 0.25) is 0 Å². The molecule has 1 aromatic carbocycles. The molecule has 0 saturated carbocycles. The predicted molar refractivity (Wildman–Crippen MR) is 125 cm³/mol. The summed E-state index contributed by atoms with van der Waals surface area (Å²) in [6.07, 6.45) is 2.82. The van der Waals surface area contributed by atoms with Gasteiger partial charge in [0.15, 0.2) is 5.95 Å². The van der Waals surface area contributed by atoms with E-state index in [1.807, 2.05) is 18.2 Å². The van der Waals surface area contributed by atoms with Gasteiger partial charge in [0, 0.05) is 17.0 Å². The molecule has 2 aromatic heterocycles. The van der Waals surface area contributed by atoms with Crippen molar-refractivity contribution in [2.45, 2.75) is 57.2 Å². The Hall–Kier alpha value is -2.83. The zero-order valence-electron chi connectivity index (χ0n) is 19.0. The number of benzene rings is 1. The highest BCUT2D eigenvalue weighted by atomic mass is 32.2. The van der Waals surface area contributed by atoms with Crippen LogP contribution in [0.15, 0.2) is 39.9 Å². The third-order valence-electron chi connectivity index (χ3n) is 6.07. The molecule has 0 spiro atoms. The van der Waals surface area contributed by atoms with Gasteiger partial charge in [-0.1, -0.05) is 39.0 Å². The molecule has 0 aliphatic heterocycles. The van der Waals surface area contributed by atoms with Gasteiger partial charge in [0.05, 0.1) is 16.1 Å². The van der Waals surface area contributed by atoms with E-state index in [0.717, 1.165) is 36.6 Å². The Morgan fingerprint density at radius 2 is 2.12 bits per heavy atom. The summed E-state index contributed by atoms with van der Waals surface area (Å²) in [6.45, 7) is 8.47. The van der Waals surface area contributed by atoms with Crippen LogP contribution >= 0.6 is 23.1 Å². The number of anilines is 1. The van der Waals surface area contributed by atoms with Gasteiger partial charge in [0.1, 0.15) is 11.1 Å². The molecule has 9 heteroatoms. The first-order valence-electron chi connectivity index (χ1n) is 10.9. The van der Waals surface area contributed by atoms with Crippen LogP contribution in [0.25, 0.3) is 5.69 Å². The van der Waals surface area contributed by atoms with Crippen LogP contribution in [0.4, 0.5) is 5.00 Å². The number of para-hydroxylation sites is 1. The summed E-state index contributed by atoms with van der Waals surface area (Å²) < 4.78 is 6.24. The summed E-state index contributed by atoms with van der Waals surface area (Å²) in [4.78, 5) is 14.2. The molecule has 1 N–H and O–H groups in total. The zero-order valence-corrected chi connectivity index (χ0v) is 20.7. The van der Waals surface area contributed by atoms with Crippen molar-refractivity contribution in [3.8, 4) is 17.7 Å². The molecule has 3 aromatic rings. The highest BCUT2D eigenvalue weighted by Gasteiger charge is 2.33. The maximum absolute atomic E-state index is 13.0. The zero-order chi connectivity index (χ0) is 23.8. The van der Waals surface area contributed by atoms with Crippen molar-refractivity contribution in [1.82, 2.24) is 5.27 Å². The van der Waals surface area contributed by atoms with Crippen LogP contribution in [0, 0.1) is 22.7 Å². The number of rotatable bonds is 5. The van der Waals surface area contributed by atoms with E-state index in [1.54, 1.807) is 19.1 Å². The number of aromatic nitrogens is 2. The Labute approximate surface area is 201 Å². The van der Waals surface area contributed by atoms with Gasteiger partial charge in [-0.15, -0.1) is 11.3 Å². The molecule has 7 nitrogen and oxygen atoms in total. The average molecular weight is 483 g/mol. The fourth-order valence-corrected chi connectivity index (χ4v) is 6.19. The highest BCUT2D eigenvalue weighted by molar-refractivity contribution is 8.00. The lowest BCUT2D eigenvalue weighted by molar-refractivity contribution is -0.705. The molecule has 2 heterocycles. The molecule has 0 bridgehead atoms. The molecular weight excluding hydrogens is 456 g/mol. The van der Waals surface area contributed by atoms with Crippen LogP contribution in [-0.2, 0) is 17.6 Å². The maximum atomic E-state index is 13.0. The summed E-state index contributed by atoms with van der Waals surface area (Å²) in [5, 5.41) is 29.0. The lowest BCUT2D eigenvalue weighted by Gasteiger charge is -2.33. The Morgan fingerprint density at radius 3 is 2.79 bits per heavy atom. The van der Waals surface area contributed by atoms with E-state index in [0.29, 0.717) is 22.2 Å². The van der Waals surface area contributed by atoms with Gasteiger partial charge in [-0.05, 0) is 59.5 Å². The van der Waals surface area contributed by atoms with Gasteiger partial charge >= 0.3 is 0 Å². The summed E-state index contributed by atoms with van der Waals surface area (Å²) >= 11 is 2.58. The van der Waals surface area contributed by atoms with Crippen molar-refractivity contribution >= 4 is 34.0 Å². The van der Waals surface area contributed by atoms with E-state index in [9.17, 15) is 15.2 Å².